The molecule has 4 heterocycles. The number of anilines is 3. The highest BCUT2D eigenvalue weighted by Crippen LogP contribution is 2.31. The zero-order chi connectivity index (χ0) is 26.7. The number of aryl methyl sites for hydroxylation is 1. The van der Waals surface area contributed by atoms with Gasteiger partial charge in [0.25, 0.3) is 0 Å². The summed E-state index contributed by atoms with van der Waals surface area (Å²) in [6, 6.07) is 4.03. The minimum absolute atomic E-state index is 0.235. The topological polar surface area (TPSA) is 102 Å². The number of alkyl halides is 3. The van der Waals surface area contributed by atoms with Crippen LogP contribution < -0.4 is 15.5 Å². The molecule has 1 unspecified atom stereocenters. The number of pyridine rings is 1. The second-order valence-corrected chi connectivity index (χ2v) is 10.0. The molecule has 0 spiro atoms. The quantitative estimate of drug-likeness (QED) is 0.358. The molecule has 1 atom stereocenters. The van der Waals surface area contributed by atoms with Crippen molar-refractivity contribution in [2.75, 3.05) is 49.7 Å². The lowest BCUT2D eigenvalue weighted by atomic mass is 10.2. The van der Waals surface area contributed by atoms with Crippen molar-refractivity contribution in [2.45, 2.75) is 52.1 Å². The van der Waals surface area contributed by atoms with E-state index < -0.39 is 12.8 Å². The molecule has 5 rings (SSSR count). The van der Waals surface area contributed by atoms with Gasteiger partial charge >= 0.3 is 6.18 Å². The van der Waals surface area contributed by atoms with E-state index in [2.05, 4.69) is 32.5 Å². The van der Waals surface area contributed by atoms with Gasteiger partial charge in [-0.05, 0) is 50.3 Å². The summed E-state index contributed by atoms with van der Waals surface area (Å²) < 4.78 is 51.0. The first-order chi connectivity index (χ1) is 18.2. The maximum atomic E-state index is 12.8. The van der Waals surface area contributed by atoms with Crippen LogP contribution in [0.1, 0.15) is 31.0 Å². The first kappa shape index (κ1) is 26.6. The molecule has 0 bridgehead atoms. The van der Waals surface area contributed by atoms with Crippen molar-refractivity contribution in [3.05, 3.63) is 29.6 Å². The number of ether oxygens (including phenoxy) is 2. The van der Waals surface area contributed by atoms with Gasteiger partial charge in [-0.2, -0.15) is 23.3 Å². The Morgan fingerprint density at radius 1 is 1.21 bits per heavy atom. The number of aromatic nitrogens is 5. The fourth-order valence-electron chi connectivity index (χ4n) is 4.41. The van der Waals surface area contributed by atoms with Gasteiger partial charge < -0.3 is 25.0 Å². The number of nitrogens with one attached hydrogen (secondary N) is 2. The van der Waals surface area contributed by atoms with Crippen molar-refractivity contribution in [3.8, 4) is 0 Å². The SMILES string of the molecule is Cc1ccnc(Nc2nc(N3CCNC(C)C3)nc3c(COCC(F)(F)F)nn(CCOCC4CC4)c23)c1. The van der Waals surface area contributed by atoms with Crippen LogP contribution in [0.2, 0.25) is 0 Å². The van der Waals surface area contributed by atoms with E-state index >= 15 is 0 Å². The van der Waals surface area contributed by atoms with Crippen molar-refractivity contribution in [1.29, 1.82) is 0 Å². The first-order valence-corrected chi connectivity index (χ1v) is 12.9. The number of fused-ring (bicyclic) bond motifs is 1. The molecule has 2 fully saturated rings. The molecule has 38 heavy (non-hydrogen) atoms. The molecule has 0 amide bonds. The van der Waals surface area contributed by atoms with Crippen molar-refractivity contribution in [1.82, 2.24) is 30.0 Å². The Bertz CT molecular complexity index is 1250. The van der Waals surface area contributed by atoms with Crippen LogP contribution in [-0.2, 0) is 22.6 Å². The van der Waals surface area contributed by atoms with E-state index in [0.717, 1.165) is 12.1 Å². The van der Waals surface area contributed by atoms with E-state index in [9.17, 15) is 13.2 Å². The predicted octanol–water partition coefficient (Wildman–Crippen LogP) is 3.58. The Labute approximate surface area is 218 Å². The zero-order valence-electron chi connectivity index (χ0n) is 21.6. The molecule has 0 radical (unpaired) electrons. The number of hydrogen-bond donors (Lipinski definition) is 2. The molecule has 3 aromatic heterocycles. The smallest absolute Gasteiger partial charge is 0.379 e. The van der Waals surface area contributed by atoms with Gasteiger partial charge in [0.1, 0.15) is 29.2 Å². The average molecular weight is 535 g/mol. The average Bonchev–Trinajstić information content (AvgIpc) is 3.62. The van der Waals surface area contributed by atoms with Gasteiger partial charge in [-0.3, -0.25) is 4.68 Å². The number of rotatable bonds is 11. The Morgan fingerprint density at radius 3 is 2.79 bits per heavy atom. The standard InChI is InChI=1S/C25H33F3N8O2/c1-16-5-6-30-20(11-16)31-23-22-21(32-24(33-23)35-8-7-29-17(2)12-35)19(14-38-15-25(26,27)28)34-36(22)9-10-37-13-18-3-4-18/h5-6,11,17-18,29H,3-4,7-10,12-15H2,1-2H3,(H,30,31,32,33). The lowest BCUT2D eigenvalue weighted by Gasteiger charge is -2.32. The molecule has 206 valence electrons. The van der Waals surface area contributed by atoms with E-state index in [1.807, 2.05) is 19.1 Å². The first-order valence-electron chi connectivity index (χ1n) is 12.9. The fraction of sp³-hybridized carbons (Fsp3) is 0.600. The van der Waals surface area contributed by atoms with Crippen LogP contribution in [0.3, 0.4) is 0 Å². The van der Waals surface area contributed by atoms with Crippen molar-refractivity contribution >= 4 is 28.6 Å². The lowest BCUT2D eigenvalue weighted by Crippen LogP contribution is -2.49. The van der Waals surface area contributed by atoms with Gasteiger partial charge in [0.15, 0.2) is 5.82 Å². The van der Waals surface area contributed by atoms with Crippen molar-refractivity contribution in [2.24, 2.45) is 5.92 Å². The van der Waals surface area contributed by atoms with Gasteiger partial charge in [-0.25, -0.2) is 9.97 Å². The molecule has 3 aromatic rings. The molecule has 2 aliphatic rings. The van der Waals surface area contributed by atoms with Gasteiger partial charge in [-0.15, -0.1) is 0 Å². The second kappa shape index (κ2) is 11.4. The molecule has 0 aromatic carbocycles. The second-order valence-electron chi connectivity index (χ2n) is 10.0. The van der Waals surface area contributed by atoms with Crippen LogP contribution in [0.15, 0.2) is 18.3 Å². The Kier molecular flexibility index (Phi) is 7.96. The summed E-state index contributed by atoms with van der Waals surface area (Å²) in [5.41, 5.74) is 2.35. The number of halogens is 3. The number of nitrogens with zero attached hydrogens (tertiary/aromatic N) is 6. The molecule has 10 nitrogen and oxygen atoms in total. The Morgan fingerprint density at radius 2 is 2.05 bits per heavy atom. The third kappa shape index (κ3) is 6.88. The van der Waals surface area contributed by atoms with Gasteiger partial charge in [0.05, 0.1) is 19.8 Å². The maximum absolute atomic E-state index is 12.8. The monoisotopic (exact) mass is 534 g/mol. The van der Waals surface area contributed by atoms with E-state index in [4.69, 9.17) is 19.4 Å². The third-order valence-electron chi connectivity index (χ3n) is 6.46. The van der Waals surface area contributed by atoms with Gasteiger partial charge in [-0.1, -0.05) is 0 Å². The molecule has 1 saturated heterocycles. The van der Waals surface area contributed by atoms with Crippen LogP contribution in [0, 0.1) is 12.8 Å². The summed E-state index contributed by atoms with van der Waals surface area (Å²) in [4.78, 5) is 16.1. The largest absolute Gasteiger partial charge is 0.411 e. The summed E-state index contributed by atoms with van der Waals surface area (Å²) in [5, 5.41) is 11.3. The van der Waals surface area contributed by atoms with Crippen LogP contribution in [0.25, 0.3) is 11.0 Å². The van der Waals surface area contributed by atoms with E-state index in [0.29, 0.717) is 73.1 Å². The highest BCUT2D eigenvalue weighted by Gasteiger charge is 2.29. The molecule has 2 N–H and O–H groups in total. The normalized spacial score (nSPS) is 18.3. The van der Waals surface area contributed by atoms with E-state index in [1.54, 1.807) is 10.9 Å². The summed E-state index contributed by atoms with van der Waals surface area (Å²) in [5.74, 6) is 2.17. The molecular formula is C25H33F3N8O2. The predicted molar refractivity (Wildman–Crippen MR) is 137 cm³/mol. The minimum atomic E-state index is -4.43. The molecule has 1 aliphatic heterocycles. The summed E-state index contributed by atoms with van der Waals surface area (Å²) in [6.07, 6.45) is -0.363. The highest BCUT2D eigenvalue weighted by atomic mass is 19.4. The minimum Gasteiger partial charge on any atom is -0.379 e. The zero-order valence-corrected chi connectivity index (χ0v) is 21.6. The Hall–Kier alpha value is -3.03. The third-order valence-corrected chi connectivity index (χ3v) is 6.46. The lowest BCUT2D eigenvalue weighted by molar-refractivity contribution is -0.176. The summed E-state index contributed by atoms with van der Waals surface area (Å²) in [7, 11) is 0. The number of hydrogen-bond acceptors (Lipinski definition) is 9. The maximum Gasteiger partial charge on any atom is 0.411 e. The van der Waals surface area contributed by atoms with Crippen LogP contribution >= 0.6 is 0 Å². The molecule has 1 aliphatic carbocycles. The molecule has 13 heteroatoms. The van der Waals surface area contributed by atoms with Gasteiger partial charge in [0, 0.05) is 38.5 Å². The van der Waals surface area contributed by atoms with Crippen molar-refractivity contribution in [3.63, 3.8) is 0 Å². The van der Waals surface area contributed by atoms with Crippen LogP contribution in [0.5, 0.6) is 0 Å². The summed E-state index contributed by atoms with van der Waals surface area (Å²) in [6.45, 7) is 6.01. The fourth-order valence-corrected chi connectivity index (χ4v) is 4.41. The highest BCUT2D eigenvalue weighted by molar-refractivity contribution is 5.90. The molecule has 1 saturated carbocycles. The molecular weight excluding hydrogens is 501 g/mol. The van der Waals surface area contributed by atoms with Gasteiger partial charge in [0.2, 0.25) is 5.95 Å². The number of piperazine rings is 1. The van der Waals surface area contributed by atoms with Crippen LogP contribution in [0.4, 0.5) is 30.8 Å². The summed E-state index contributed by atoms with van der Waals surface area (Å²) >= 11 is 0. The van der Waals surface area contributed by atoms with E-state index in [1.165, 1.54) is 12.8 Å². The van der Waals surface area contributed by atoms with Crippen LogP contribution in [-0.4, -0.2) is 76.4 Å². The van der Waals surface area contributed by atoms with Crippen molar-refractivity contribution < 1.29 is 22.6 Å². The Balaban J connectivity index is 1.53. The van der Waals surface area contributed by atoms with E-state index in [-0.39, 0.29) is 12.6 Å².